The zero-order valence-corrected chi connectivity index (χ0v) is 17.5. The number of sulfonamides is 1. The van der Waals surface area contributed by atoms with Crippen LogP contribution in [0.2, 0.25) is 0 Å². The van der Waals surface area contributed by atoms with Crippen molar-refractivity contribution in [1.29, 1.82) is 0 Å². The lowest BCUT2D eigenvalue weighted by atomic mass is 10.2. The molecule has 0 heterocycles. The first kappa shape index (κ1) is 23.2. The van der Waals surface area contributed by atoms with Crippen LogP contribution in [0.3, 0.4) is 0 Å². The van der Waals surface area contributed by atoms with E-state index in [1.165, 1.54) is 16.4 Å². The van der Waals surface area contributed by atoms with Crippen molar-refractivity contribution < 1.29 is 27.3 Å². The molecule has 0 saturated heterocycles. The van der Waals surface area contributed by atoms with Crippen LogP contribution >= 0.6 is 0 Å². The third kappa shape index (κ3) is 5.30. The minimum atomic E-state index is -3.73. The standard InChI is InChI=1S/C19H22FN3O6S/c1-4-22(5-2)30(27,28)18-11-15(8-6-13(18)3)21-19(24)12-29-17-10-14(20)7-9-16(17)23(25)26/h6-11H,4-5,12H2,1-3H3,(H,21,24). The number of ether oxygens (including phenoxy) is 1. The van der Waals surface area contributed by atoms with E-state index < -0.39 is 39.0 Å². The maximum Gasteiger partial charge on any atom is 0.311 e. The molecular formula is C19H22FN3O6S. The van der Waals surface area contributed by atoms with Crippen LogP contribution in [0.4, 0.5) is 15.8 Å². The number of anilines is 1. The van der Waals surface area contributed by atoms with E-state index in [9.17, 15) is 27.7 Å². The molecular weight excluding hydrogens is 417 g/mol. The number of aryl methyl sites for hydroxylation is 1. The fourth-order valence-corrected chi connectivity index (χ4v) is 4.46. The molecule has 0 radical (unpaired) electrons. The molecule has 1 amide bonds. The highest BCUT2D eigenvalue weighted by molar-refractivity contribution is 7.89. The SMILES string of the molecule is CCN(CC)S(=O)(=O)c1cc(NC(=O)COc2cc(F)ccc2[N+](=O)[O-])ccc1C. The smallest absolute Gasteiger partial charge is 0.311 e. The Bertz CT molecular complexity index is 1050. The van der Waals surface area contributed by atoms with E-state index in [2.05, 4.69) is 5.32 Å². The maximum absolute atomic E-state index is 13.3. The van der Waals surface area contributed by atoms with Crippen LogP contribution in [0.1, 0.15) is 19.4 Å². The van der Waals surface area contributed by atoms with Crippen molar-refractivity contribution >= 4 is 27.3 Å². The molecule has 0 bridgehead atoms. The van der Waals surface area contributed by atoms with Crippen LogP contribution in [0.25, 0.3) is 0 Å². The number of carbonyl (C=O) groups excluding carboxylic acids is 1. The summed E-state index contributed by atoms with van der Waals surface area (Å²) in [5, 5.41) is 13.5. The largest absolute Gasteiger partial charge is 0.477 e. The number of hydrogen-bond donors (Lipinski definition) is 1. The lowest BCUT2D eigenvalue weighted by molar-refractivity contribution is -0.385. The van der Waals surface area contributed by atoms with Gasteiger partial charge in [0.1, 0.15) is 5.82 Å². The molecule has 0 spiro atoms. The third-order valence-electron chi connectivity index (χ3n) is 4.27. The van der Waals surface area contributed by atoms with E-state index in [1.54, 1.807) is 26.8 Å². The number of halogens is 1. The lowest BCUT2D eigenvalue weighted by Crippen LogP contribution is -2.31. The molecule has 2 aromatic rings. The first-order valence-corrected chi connectivity index (χ1v) is 10.5. The van der Waals surface area contributed by atoms with Gasteiger partial charge in [0.15, 0.2) is 6.61 Å². The van der Waals surface area contributed by atoms with E-state index in [0.29, 0.717) is 18.7 Å². The highest BCUT2D eigenvalue weighted by Crippen LogP contribution is 2.27. The molecule has 1 N–H and O–H groups in total. The minimum Gasteiger partial charge on any atom is -0.477 e. The van der Waals surface area contributed by atoms with Crippen molar-refractivity contribution in [2.24, 2.45) is 0 Å². The Kier molecular flexibility index (Phi) is 7.46. The Labute approximate surface area is 173 Å². The second kappa shape index (κ2) is 9.63. The van der Waals surface area contributed by atoms with Gasteiger partial charge in [-0.15, -0.1) is 0 Å². The maximum atomic E-state index is 13.3. The second-order valence-corrected chi connectivity index (χ2v) is 8.18. The van der Waals surface area contributed by atoms with Crippen molar-refractivity contribution in [3.05, 3.63) is 57.9 Å². The van der Waals surface area contributed by atoms with E-state index in [1.807, 2.05) is 0 Å². The quantitative estimate of drug-likeness (QED) is 0.474. The van der Waals surface area contributed by atoms with E-state index in [0.717, 1.165) is 18.2 Å². The molecule has 2 rings (SSSR count). The number of benzene rings is 2. The molecule has 2 aromatic carbocycles. The molecule has 0 atom stereocenters. The van der Waals surface area contributed by atoms with Crippen LogP contribution < -0.4 is 10.1 Å². The van der Waals surface area contributed by atoms with Gasteiger partial charge in [0.2, 0.25) is 15.8 Å². The third-order valence-corrected chi connectivity index (χ3v) is 6.46. The van der Waals surface area contributed by atoms with Crippen molar-refractivity contribution in [2.45, 2.75) is 25.7 Å². The fraction of sp³-hybridized carbons (Fsp3) is 0.316. The summed E-state index contributed by atoms with van der Waals surface area (Å²) in [6.45, 7) is 5.07. The Morgan fingerprint density at radius 3 is 2.47 bits per heavy atom. The summed E-state index contributed by atoms with van der Waals surface area (Å²) >= 11 is 0. The van der Waals surface area contributed by atoms with Gasteiger partial charge in [-0.05, 0) is 30.7 Å². The molecule has 0 unspecified atom stereocenters. The normalized spacial score (nSPS) is 11.4. The summed E-state index contributed by atoms with van der Waals surface area (Å²) in [6.07, 6.45) is 0. The monoisotopic (exact) mass is 439 g/mol. The molecule has 0 aromatic heterocycles. The van der Waals surface area contributed by atoms with Crippen LogP contribution in [0.5, 0.6) is 5.75 Å². The highest BCUT2D eigenvalue weighted by Gasteiger charge is 2.24. The number of carbonyl (C=O) groups is 1. The average Bonchev–Trinajstić information content (AvgIpc) is 2.68. The molecule has 0 fully saturated rings. The van der Waals surface area contributed by atoms with Crippen molar-refractivity contribution in [3.63, 3.8) is 0 Å². The lowest BCUT2D eigenvalue weighted by Gasteiger charge is -2.20. The predicted molar refractivity (Wildman–Crippen MR) is 108 cm³/mol. The first-order chi connectivity index (χ1) is 14.1. The summed E-state index contributed by atoms with van der Waals surface area (Å²) in [5.74, 6) is -1.83. The van der Waals surface area contributed by atoms with E-state index >= 15 is 0 Å². The number of nitrogens with zero attached hydrogens (tertiary/aromatic N) is 2. The summed E-state index contributed by atoms with van der Waals surface area (Å²) in [4.78, 5) is 22.5. The Morgan fingerprint density at radius 1 is 1.20 bits per heavy atom. The van der Waals surface area contributed by atoms with Crippen LogP contribution in [0, 0.1) is 22.9 Å². The van der Waals surface area contributed by atoms with Gasteiger partial charge in [0, 0.05) is 30.9 Å². The van der Waals surface area contributed by atoms with Gasteiger partial charge >= 0.3 is 5.69 Å². The number of rotatable bonds is 9. The molecule has 162 valence electrons. The molecule has 9 nitrogen and oxygen atoms in total. The summed E-state index contributed by atoms with van der Waals surface area (Å²) in [6, 6.07) is 7.09. The van der Waals surface area contributed by atoms with E-state index in [-0.39, 0.29) is 16.3 Å². The Hall–Kier alpha value is -3.05. The van der Waals surface area contributed by atoms with Gasteiger partial charge in [-0.1, -0.05) is 19.9 Å². The number of nitro groups is 1. The van der Waals surface area contributed by atoms with Crippen molar-refractivity contribution in [1.82, 2.24) is 4.31 Å². The van der Waals surface area contributed by atoms with Crippen LogP contribution in [-0.4, -0.2) is 43.2 Å². The zero-order chi connectivity index (χ0) is 22.5. The molecule has 0 saturated carbocycles. The van der Waals surface area contributed by atoms with Gasteiger partial charge in [0.25, 0.3) is 5.91 Å². The van der Waals surface area contributed by atoms with Gasteiger partial charge in [-0.25, -0.2) is 12.8 Å². The molecule has 11 heteroatoms. The zero-order valence-electron chi connectivity index (χ0n) is 16.7. The number of nitrogens with one attached hydrogen (secondary N) is 1. The van der Waals surface area contributed by atoms with E-state index in [4.69, 9.17) is 4.74 Å². The summed E-state index contributed by atoms with van der Waals surface area (Å²) in [5.41, 5.74) is 0.257. The van der Waals surface area contributed by atoms with Gasteiger partial charge in [0.05, 0.1) is 9.82 Å². The first-order valence-electron chi connectivity index (χ1n) is 9.07. The van der Waals surface area contributed by atoms with Gasteiger partial charge in [-0.2, -0.15) is 4.31 Å². The van der Waals surface area contributed by atoms with Crippen molar-refractivity contribution in [3.8, 4) is 5.75 Å². The predicted octanol–water partition coefficient (Wildman–Crippen LogP) is 3.09. The fourth-order valence-electron chi connectivity index (χ4n) is 2.75. The van der Waals surface area contributed by atoms with Crippen molar-refractivity contribution in [2.75, 3.05) is 25.0 Å². The molecule has 30 heavy (non-hydrogen) atoms. The van der Waals surface area contributed by atoms with Gasteiger partial charge < -0.3 is 10.1 Å². The number of amides is 1. The number of hydrogen-bond acceptors (Lipinski definition) is 6. The molecule has 0 aliphatic rings. The highest BCUT2D eigenvalue weighted by atomic mass is 32.2. The Balaban J connectivity index is 2.17. The number of nitro benzene ring substituents is 1. The summed E-state index contributed by atoms with van der Waals surface area (Å²) < 4.78 is 45.3. The minimum absolute atomic E-state index is 0.0608. The second-order valence-electron chi connectivity index (χ2n) is 6.28. The molecule has 0 aliphatic carbocycles. The average molecular weight is 439 g/mol. The topological polar surface area (TPSA) is 119 Å². The van der Waals surface area contributed by atoms with Gasteiger partial charge in [-0.3, -0.25) is 14.9 Å². The van der Waals surface area contributed by atoms with Crippen LogP contribution in [0.15, 0.2) is 41.3 Å². The van der Waals surface area contributed by atoms with Crippen LogP contribution in [-0.2, 0) is 14.8 Å². The Morgan fingerprint density at radius 2 is 1.87 bits per heavy atom. The summed E-state index contributed by atoms with van der Waals surface area (Å²) in [7, 11) is -3.73. The molecule has 0 aliphatic heterocycles.